The third kappa shape index (κ3) is 11.1. The van der Waals surface area contributed by atoms with E-state index in [4.69, 9.17) is 15.5 Å². The normalized spacial score (nSPS) is 13.4. The van der Waals surface area contributed by atoms with Crippen molar-refractivity contribution < 1.29 is 37.5 Å². The van der Waals surface area contributed by atoms with Gasteiger partial charge in [0.1, 0.15) is 25.0 Å². The van der Waals surface area contributed by atoms with Gasteiger partial charge in [-0.25, -0.2) is 37.8 Å². The summed E-state index contributed by atoms with van der Waals surface area (Å²) < 4.78 is 35.6. The molecule has 5 amide bonds. The van der Waals surface area contributed by atoms with Gasteiger partial charge in [-0.3, -0.25) is 30.0 Å². The lowest BCUT2D eigenvalue weighted by Crippen LogP contribution is -2.51. The minimum atomic E-state index is -3.37. The number of hydrogen-bond donors (Lipinski definition) is 7. The van der Waals surface area contributed by atoms with Gasteiger partial charge in [-0.1, -0.05) is 66.7 Å². The molecule has 0 radical (unpaired) electrons. The Morgan fingerprint density at radius 2 is 1.69 bits per heavy atom. The maximum Gasteiger partial charge on any atom is 0.408 e. The summed E-state index contributed by atoms with van der Waals surface area (Å²) in [5.74, 6) is -6.10. The Labute approximate surface area is 398 Å². The summed E-state index contributed by atoms with van der Waals surface area (Å²) in [5, 5.41) is 15.6. The molecule has 0 bridgehead atoms. The molecular weight excluding hydrogens is 907 g/mol. The zero-order valence-corrected chi connectivity index (χ0v) is 37.9. The summed E-state index contributed by atoms with van der Waals surface area (Å²) in [5.41, 5.74) is 15.4. The molecule has 7 aromatic rings. The molecule has 1 aliphatic rings. The van der Waals surface area contributed by atoms with E-state index in [2.05, 4.69) is 42.0 Å². The standard InChI is InChI=1S/C49H48F2N12O7/c1-29(54-44(66)33-13-18-39(53-25-33)58-59-40(64)24-52)45(67)62(28-48(2,50)51)26-41(65)55-35-16-9-30(10-17-35)27-70-47(69)57-49(20-6-21-49)34-14-11-32(12-15-34)42-36(31-7-4-3-5-8-31)23-37-38(56-42)19-22-63-43(37)60-61-46(63)68/h3-5,7-19,22-23,25,29H,6,20-21,24,26-28,52H2,1-2H3,(H,53,58)(H,54,66)(H,55,65)(H,57,69)(H,59,64)(H,61,68)/t29-/m1/s1. The average molecular weight is 955 g/mol. The number of hydrazine groups is 1. The number of benzene rings is 3. The topological polar surface area (TPSA) is 260 Å². The molecule has 1 saturated carbocycles. The number of fused-ring (bicyclic) bond motifs is 3. The van der Waals surface area contributed by atoms with Crippen molar-refractivity contribution in [1.82, 2.24) is 45.5 Å². The number of H-pyrrole nitrogens is 1. The van der Waals surface area contributed by atoms with E-state index in [1.807, 2.05) is 60.7 Å². The van der Waals surface area contributed by atoms with Crippen LogP contribution in [-0.2, 0) is 31.3 Å². The Balaban J connectivity index is 0.858. The second-order valence-electron chi connectivity index (χ2n) is 16.9. The van der Waals surface area contributed by atoms with Crippen molar-refractivity contribution in [2.75, 3.05) is 30.4 Å². The van der Waals surface area contributed by atoms with Crippen molar-refractivity contribution in [2.45, 2.75) is 57.2 Å². The zero-order chi connectivity index (χ0) is 49.6. The molecule has 0 aliphatic heterocycles. The first-order valence-corrected chi connectivity index (χ1v) is 22.2. The third-order valence-electron chi connectivity index (χ3n) is 11.7. The molecule has 8 rings (SSSR count). The van der Waals surface area contributed by atoms with Crippen molar-refractivity contribution in [3.63, 3.8) is 0 Å². The highest BCUT2D eigenvalue weighted by Crippen LogP contribution is 2.42. The first kappa shape index (κ1) is 47.9. The fourth-order valence-electron chi connectivity index (χ4n) is 8.02. The number of alkyl halides is 2. The molecule has 4 aromatic heterocycles. The van der Waals surface area contributed by atoms with Crippen molar-refractivity contribution in [2.24, 2.45) is 5.73 Å². The van der Waals surface area contributed by atoms with Crippen LogP contribution in [0.15, 0.2) is 120 Å². The lowest BCUT2D eigenvalue weighted by molar-refractivity contribution is -0.140. The van der Waals surface area contributed by atoms with Gasteiger partial charge in [0.05, 0.1) is 35.4 Å². The largest absolute Gasteiger partial charge is 0.445 e. The molecule has 21 heteroatoms. The first-order chi connectivity index (χ1) is 33.6. The van der Waals surface area contributed by atoms with Crippen LogP contribution in [0.4, 0.5) is 25.1 Å². The molecule has 0 unspecified atom stereocenters. The van der Waals surface area contributed by atoms with E-state index in [1.54, 1.807) is 36.5 Å². The quantitative estimate of drug-likeness (QED) is 0.0578. The van der Waals surface area contributed by atoms with Gasteiger partial charge in [-0.2, -0.15) is 5.10 Å². The van der Waals surface area contributed by atoms with Crippen LogP contribution in [0.1, 0.15) is 54.6 Å². The van der Waals surface area contributed by atoms with E-state index in [9.17, 15) is 37.5 Å². The summed E-state index contributed by atoms with van der Waals surface area (Å²) in [6.45, 7) is -0.287. The Kier molecular flexibility index (Phi) is 13.9. The minimum absolute atomic E-state index is 0.0359. The van der Waals surface area contributed by atoms with Crippen molar-refractivity contribution in [3.8, 4) is 22.4 Å². The number of ether oxygens (including phenoxy) is 1. The van der Waals surface area contributed by atoms with Gasteiger partial charge in [0.2, 0.25) is 11.8 Å². The van der Waals surface area contributed by atoms with E-state index >= 15 is 0 Å². The van der Waals surface area contributed by atoms with Crippen LogP contribution in [0, 0.1) is 0 Å². The number of nitrogens with zero attached hydrogens (tertiary/aromatic N) is 5. The number of carbonyl (C=O) groups excluding carboxylic acids is 5. The minimum Gasteiger partial charge on any atom is -0.445 e. The molecule has 3 aromatic carbocycles. The van der Waals surface area contributed by atoms with E-state index in [-0.39, 0.29) is 30.2 Å². The van der Waals surface area contributed by atoms with Gasteiger partial charge in [-0.05, 0) is 79.3 Å². The van der Waals surface area contributed by atoms with Crippen molar-refractivity contribution >= 4 is 57.8 Å². The molecule has 70 heavy (non-hydrogen) atoms. The highest BCUT2D eigenvalue weighted by atomic mass is 19.3. The molecule has 0 saturated heterocycles. The SMILES string of the molecule is C[C@@H](NC(=O)c1ccc(NNC(=O)CN)nc1)C(=O)N(CC(=O)Nc1ccc(COC(=O)NC2(c3ccc(-c4nc5ccn6c(=O)[nH]nc6c5cc4-c4ccccc4)cc3)CCC2)cc1)CC(C)(F)F. The van der Waals surface area contributed by atoms with Gasteiger partial charge in [0, 0.05) is 41.5 Å². The Morgan fingerprint density at radius 3 is 2.34 bits per heavy atom. The van der Waals surface area contributed by atoms with Crippen LogP contribution >= 0.6 is 0 Å². The van der Waals surface area contributed by atoms with Crippen LogP contribution < -0.4 is 38.2 Å². The summed E-state index contributed by atoms with van der Waals surface area (Å²) in [4.78, 5) is 85.9. The van der Waals surface area contributed by atoms with Gasteiger partial charge < -0.3 is 31.3 Å². The van der Waals surface area contributed by atoms with Crippen molar-refractivity contribution in [3.05, 3.63) is 143 Å². The van der Waals surface area contributed by atoms with E-state index in [0.29, 0.717) is 47.1 Å². The number of halogens is 2. The molecule has 1 atom stereocenters. The van der Waals surface area contributed by atoms with Crippen LogP contribution in [-0.4, -0.2) is 90.8 Å². The number of alkyl carbamates (subject to hydrolysis) is 1. The van der Waals surface area contributed by atoms with Gasteiger partial charge in [0.25, 0.3) is 17.7 Å². The second-order valence-corrected chi connectivity index (χ2v) is 16.9. The smallest absolute Gasteiger partial charge is 0.408 e. The number of rotatable bonds is 17. The number of pyridine rings is 3. The third-order valence-corrected chi connectivity index (χ3v) is 11.7. The highest BCUT2D eigenvalue weighted by Gasteiger charge is 2.41. The molecule has 360 valence electrons. The number of aromatic nitrogens is 5. The predicted octanol–water partition coefficient (Wildman–Crippen LogP) is 5.25. The van der Waals surface area contributed by atoms with Crippen LogP contribution in [0.5, 0.6) is 0 Å². The number of aromatic amines is 1. The van der Waals surface area contributed by atoms with Crippen molar-refractivity contribution in [1.29, 1.82) is 0 Å². The van der Waals surface area contributed by atoms with E-state index in [0.717, 1.165) is 39.8 Å². The fourth-order valence-corrected chi connectivity index (χ4v) is 8.02. The second kappa shape index (κ2) is 20.3. The molecule has 8 N–H and O–H groups in total. The average Bonchev–Trinajstić information content (AvgIpc) is 3.73. The Morgan fingerprint density at radius 1 is 0.943 bits per heavy atom. The number of nitrogens with one attached hydrogen (secondary N) is 6. The zero-order valence-electron chi connectivity index (χ0n) is 37.9. The Hall–Kier alpha value is -8.59. The summed E-state index contributed by atoms with van der Waals surface area (Å²) in [6.07, 6.45) is 4.51. The fraction of sp³-hybridized carbons (Fsp3) is 0.245. The maximum absolute atomic E-state index is 14.2. The number of carbonyl (C=O) groups is 5. The highest BCUT2D eigenvalue weighted by molar-refractivity contribution is 6.00. The summed E-state index contributed by atoms with van der Waals surface area (Å²) in [7, 11) is 0. The van der Waals surface area contributed by atoms with Crippen LogP contribution in [0.25, 0.3) is 38.9 Å². The predicted molar refractivity (Wildman–Crippen MR) is 255 cm³/mol. The summed E-state index contributed by atoms with van der Waals surface area (Å²) >= 11 is 0. The van der Waals surface area contributed by atoms with Gasteiger partial charge in [-0.15, -0.1) is 0 Å². The van der Waals surface area contributed by atoms with Crippen LogP contribution in [0.3, 0.4) is 0 Å². The van der Waals surface area contributed by atoms with E-state index < -0.39 is 60.3 Å². The number of anilines is 2. The number of amides is 5. The number of hydrogen-bond acceptors (Lipinski definition) is 12. The maximum atomic E-state index is 14.2. The number of nitrogens with two attached hydrogens (primary N) is 1. The van der Waals surface area contributed by atoms with Gasteiger partial charge in [0.15, 0.2) is 5.65 Å². The van der Waals surface area contributed by atoms with Crippen LogP contribution in [0.2, 0.25) is 0 Å². The lowest BCUT2D eigenvalue weighted by Gasteiger charge is -2.42. The summed E-state index contributed by atoms with van der Waals surface area (Å²) in [6, 6.07) is 29.3. The molecular formula is C49H48F2N12O7. The molecule has 19 nitrogen and oxygen atoms in total. The monoisotopic (exact) mass is 954 g/mol. The molecule has 0 spiro atoms. The van der Waals surface area contributed by atoms with E-state index in [1.165, 1.54) is 29.7 Å². The first-order valence-electron chi connectivity index (χ1n) is 22.2. The Bertz CT molecular complexity index is 3120. The van der Waals surface area contributed by atoms with Gasteiger partial charge >= 0.3 is 11.8 Å². The molecule has 1 fully saturated rings. The molecule has 4 heterocycles. The molecule has 1 aliphatic carbocycles. The lowest BCUT2D eigenvalue weighted by atomic mass is 9.71.